The van der Waals surface area contributed by atoms with E-state index in [0.29, 0.717) is 6.54 Å². The van der Waals surface area contributed by atoms with E-state index in [1.807, 2.05) is 37.9 Å². The number of aliphatic carboxylic acids is 1. The first-order valence-electron chi connectivity index (χ1n) is 6.17. The molecule has 0 aromatic heterocycles. The second-order valence-electron chi connectivity index (χ2n) is 4.60. The predicted molar refractivity (Wildman–Crippen MR) is 76.2 cm³/mol. The van der Waals surface area contributed by atoms with Crippen LogP contribution >= 0.6 is 0 Å². The number of carbonyl (C=O) groups is 1. The highest BCUT2D eigenvalue weighted by molar-refractivity contribution is 5.74. The van der Waals surface area contributed by atoms with Crippen molar-refractivity contribution in [2.45, 2.75) is 19.9 Å². The number of benzene rings is 1. The van der Waals surface area contributed by atoms with Gasteiger partial charge in [0.1, 0.15) is 11.8 Å². The first-order valence-corrected chi connectivity index (χ1v) is 6.17. The molecule has 0 aliphatic rings. The van der Waals surface area contributed by atoms with Gasteiger partial charge in [-0.2, -0.15) is 0 Å². The number of nitrogens with zero attached hydrogens (tertiary/aromatic N) is 1. The molecule has 0 aliphatic carbocycles. The Labute approximate surface area is 114 Å². The summed E-state index contributed by atoms with van der Waals surface area (Å²) < 4.78 is 5.28. The highest BCUT2D eigenvalue weighted by Gasteiger charge is 2.19. The Balaban J connectivity index is 2.97. The molecule has 106 valence electrons. The molecular formula is C14H22N2O3. The van der Waals surface area contributed by atoms with Crippen LogP contribution in [0, 0.1) is 13.8 Å². The van der Waals surface area contributed by atoms with Crippen LogP contribution in [0.3, 0.4) is 0 Å². The molecule has 0 spiro atoms. The van der Waals surface area contributed by atoms with Crippen LogP contribution in [0.15, 0.2) is 12.1 Å². The Hall–Kier alpha value is -1.75. The van der Waals surface area contributed by atoms with Crippen molar-refractivity contribution in [2.24, 2.45) is 0 Å². The molecule has 19 heavy (non-hydrogen) atoms. The fourth-order valence-electron chi connectivity index (χ4n) is 2.08. The minimum absolute atomic E-state index is 0.401. The summed E-state index contributed by atoms with van der Waals surface area (Å²) in [6.45, 7) is 4.41. The van der Waals surface area contributed by atoms with Crippen molar-refractivity contribution in [3.05, 3.63) is 23.3 Å². The van der Waals surface area contributed by atoms with Gasteiger partial charge in [0.25, 0.3) is 0 Å². The molecule has 2 N–H and O–H groups in total. The summed E-state index contributed by atoms with van der Waals surface area (Å²) >= 11 is 0. The Kier molecular flexibility index (Phi) is 5.18. The smallest absolute Gasteiger partial charge is 0.322 e. The van der Waals surface area contributed by atoms with Gasteiger partial charge in [-0.25, -0.2) is 0 Å². The molecule has 0 amide bonds. The summed E-state index contributed by atoms with van der Waals surface area (Å²) in [5.74, 6) is -0.00436. The zero-order valence-electron chi connectivity index (χ0n) is 12.2. The normalized spacial score (nSPS) is 12.1. The van der Waals surface area contributed by atoms with E-state index in [2.05, 4.69) is 5.32 Å². The third kappa shape index (κ3) is 3.38. The summed E-state index contributed by atoms with van der Waals surface area (Å²) in [4.78, 5) is 13.0. The molecule has 0 radical (unpaired) electrons. The maximum atomic E-state index is 11.0. The number of hydrogen-bond acceptors (Lipinski definition) is 4. The lowest BCUT2D eigenvalue weighted by molar-refractivity contribution is -0.139. The Bertz CT molecular complexity index is 460. The minimum Gasteiger partial charge on any atom is -0.496 e. The van der Waals surface area contributed by atoms with Gasteiger partial charge >= 0.3 is 5.97 Å². The second kappa shape index (κ2) is 6.43. The highest BCUT2D eigenvalue weighted by Crippen LogP contribution is 2.29. The number of methoxy groups -OCH3 is 1. The highest BCUT2D eigenvalue weighted by atomic mass is 16.5. The number of rotatable bonds is 6. The van der Waals surface area contributed by atoms with Gasteiger partial charge in [0.05, 0.1) is 7.11 Å². The van der Waals surface area contributed by atoms with Crippen LogP contribution < -0.4 is 15.0 Å². The summed E-state index contributed by atoms with van der Waals surface area (Å²) in [5, 5.41) is 11.9. The standard InChI is InChI=1S/C14H22N2O3/c1-9-10(2)13(19-5)7-6-12(9)16(4)8-11(15-3)14(17)18/h6-7,11,15H,8H2,1-5H3,(H,17,18). The van der Waals surface area contributed by atoms with Crippen molar-refractivity contribution < 1.29 is 14.6 Å². The van der Waals surface area contributed by atoms with Crippen LogP contribution in [0.2, 0.25) is 0 Å². The number of hydrogen-bond donors (Lipinski definition) is 2. The maximum absolute atomic E-state index is 11.0. The van der Waals surface area contributed by atoms with Gasteiger partial charge in [0.2, 0.25) is 0 Å². The van der Waals surface area contributed by atoms with Crippen LogP contribution in [-0.2, 0) is 4.79 Å². The van der Waals surface area contributed by atoms with Crippen LogP contribution in [0.25, 0.3) is 0 Å². The van der Waals surface area contributed by atoms with Gasteiger partial charge in [-0.1, -0.05) is 0 Å². The second-order valence-corrected chi connectivity index (χ2v) is 4.60. The van der Waals surface area contributed by atoms with Gasteiger partial charge in [-0.05, 0) is 44.2 Å². The molecular weight excluding hydrogens is 244 g/mol. The van der Waals surface area contributed by atoms with E-state index in [9.17, 15) is 4.79 Å². The zero-order chi connectivity index (χ0) is 14.6. The van der Waals surface area contributed by atoms with Gasteiger partial charge in [0, 0.05) is 19.3 Å². The molecule has 1 aromatic carbocycles. The number of ether oxygens (including phenoxy) is 1. The van der Waals surface area contributed by atoms with E-state index < -0.39 is 12.0 Å². The number of anilines is 1. The molecule has 0 fully saturated rings. The fraction of sp³-hybridized carbons (Fsp3) is 0.500. The summed E-state index contributed by atoms with van der Waals surface area (Å²) in [7, 11) is 5.19. The molecule has 0 saturated heterocycles. The van der Waals surface area contributed by atoms with Crippen molar-refractivity contribution in [2.75, 3.05) is 32.6 Å². The van der Waals surface area contributed by atoms with Crippen LogP contribution in [0.5, 0.6) is 5.75 Å². The van der Waals surface area contributed by atoms with E-state index in [1.54, 1.807) is 14.2 Å². The SMILES string of the molecule is CNC(CN(C)c1ccc(OC)c(C)c1C)C(=O)O. The molecule has 0 saturated carbocycles. The molecule has 1 unspecified atom stereocenters. The van der Waals surface area contributed by atoms with Crippen LogP contribution in [0.1, 0.15) is 11.1 Å². The Morgan fingerprint density at radius 2 is 2.05 bits per heavy atom. The van der Waals surface area contributed by atoms with Crippen molar-refractivity contribution in [1.82, 2.24) is 5.32 Å². The lowest BCUT2D eigenvalue weighted by Gasteiger charge is -2.26. The maximum Gasteiger partial charge on any atom is 0.322 e. The van der Waals surface area contributed by atoms with E-state index in [-0.39, 0.29) is 0 Å². The number of carboxylic acid groups (broad SMARTS) is 1. The quantitative estimate of drug-likeness (QED) is 0.815. The van der Waals surface area contributed by atoms with Crippen molar-refractivity contribution in [1.29, 1.82) is 0 Å². The van der Waals surface area contributed by atoms with Gasteiger partial charge in [-0.15, -0.1) is 0 Å². The largest absolute Gasteiger partial charge is 0.496 e. The van der Waals surface area contributed by atoms with Crippen LogP contribution in [-0.4, -0.2) is 44.9 Å². The van der Waals surface area contributed by atoms with Gasteiger partial charge in [0.15, 0.2) is 0 Å². The summed E-state index contributed by atoms with van der Waals surface area (Å²) in [6.07, 6.45) is 0. The van der Waals surface area contributed by atoms with Crippen LogP contribution in [0.4, 0.5) is 5.69 Å². The third-order valence-corrected chi connectivity index (χ3v) is 3.44. The topological polar surface area (TPSA) is 61.8 Å². The first kappa shape index (κ1) is 15.3. The molecule has 0 aliphatic heterocycles. The number of carboxylic acids is 1. The lowest BCUT2D eigenvalue weighted by atomic mass is 10.1. The third-order valence-electron chi connectivity index (χ3n) is 3.44. The lowest BCUT2D eigenvalue weighted by Crippen LogP contribution is -2.43. The number of likely N-dealkylation sites (N-methyl/N-ethyl adjacent to an activating group) is 2. The molecule has 0 bridgehead atoms. The minimum atomic E-state index is -0.850. The molecule has 0 heterocycles. The fourth-order valence-corrected chi connectivity index (χ4v) is 2.08. The predicted octanol–water partition coefficient (Wildman–Crippen LogP) is 1.42. The summed E-state index contributed by atoms with van der Waals surface area (Å²) in [5.41, 5.74) is 3.19. The van der Waals surface area contributed by atoms with Gasteiger partial charge < -0.3 is 20.1 Å². The Morgan fingerprint density at radius 1 is 1.42 bits per heavy atom. The zero-order valence-corrected chi connectivity index (χ0v) is 12.2. The van der Waals surface area contributed by atoms with E-state index in [1.165, 1.54) is 0 Å². The average Bonchev–Trinajstić information content (AvgIpc) is 2.38. The molecule has 5 heteroatoms. The van der Waals surface area contributed by atoms with Crippen molar-refractivity contribution in [3.8, 4) is 5.75 Å². The number of nitrogens with one attached hydrogen (secondary N) is 1. The van der Waals surface area contributed by atoms with E-state index in [0.717, 1.165) is 22.6 Å². The van der Waals surface area contributed by atoms with E-state index in [4.69, 9.17) is 9.84 Å². The monoisotopic (exact) mass is 266 g/mol. The van der Waals surface area contributed by atoms with Crippen molar-refractivity contribution >= 4 is 11.7 Å². The Morgan fingerprint density at radius 3 is 2.53 bits per heavy atom. The van der Waals surface area contributed by atoms with E-state index >= 15 is 0 Å². The average molecular weight is 266 g/mol. The van der Waals surface area contributed by atoms with Crippen molar-refractivity contribution in [3.63, 3.8) is 0 Å². The molecule has 5 nitrogen and oxygen atoms in total. The molecule has 1 rings (SSSR count). The molecule has 1 atom stereocenters. The molecule has 1 aromatic rings. The van der Waals surface area contributed by atoms with Gasteiger partial charge in [-0.3, -0.25) is 4.79 Å². The first-order chi connectivity index (χ1) is 8.92. The summed E-state index contributed by atoms with van der Waals surface area (Å²) in [6, 6.07) is 3.27.